The Morgan fingerprint density at radius 1 is 1.50 bits per heavy atom. The Kier molecular flexibility index (Phi) is 5.29. The molecule has 1 aromatic rings. The van der Waals surface area contributed by atoms with E-state index in [1.807, 2.05) is 0 Å². The smallest absolute Gasteiger partial charge is 0.242 e. The molecule has 2 N–H and O–H groups in total. The van der Waals surface area contributed by atoms with E-state index < -0.39 is 10.0 Å². The van der Waals surface area contributed by atoms with Gasteiger partial charge in [-0.3, -0.25) is 0 Å². The number of sulfonamides is 1. The molecule has 1 aliphatic rings. The van der Waals surface area contributed by atoms with Crippen molar-refractivity contribution in [3.63, 3.8) is 0 Å². The van der Waals surface area contributed by atoms with Gasteiger partial charge in [0.05, 0.1) is 3.79 Å². The number of halogens is 1. The highest BCUT2D eigenvalue weighted by atomic mass is 79.9. The normalized spacial score (nSPS) is 22.4. The molecule has 0 radical (unpaired) electrons. The van der Waals surface area contributed by atoms with Gasteiger partial charge in [0.1, 0.15) is 4.90 Å². The monoisotopic (exact) mass is 380 g/mol. The molecule has 0 bridgehead atoms. The van der Waals surface area contributed by atoms with Gasteiger partial charge in [-0.15, -0.1) is 11.3 Å². The minimum absolute atomic E-state index is 0.119. The van der Waals surface area contributed by atoms with E-state index in [4.69, 9.17) is 0 Å². The van der Waals surface area contributed by atoms with E-state index in [1.54, 1.807) is 6.07 Å². The van der Waals surface area contributed by atoms with Gasteiger partial charge in [0, 0.05) is 23.5 Å². The Balaban J connectivity index is 2.07. The molecule has 0 saturated heterocycles. The molecule has 7 heteroatoms. The third-order valence-electron chi connectivity index (χ3n) is 3.43. The summed E-state index contributed by atoms with van der Waals surface area (Å²) in [5, 5.41) is 3.30. The summed E-state index contributed by atoms with van der Waals surface area (Å²) >= 11 is 4.85. The van der Waals surface area contributed by atoms with Crippen molar-refractivity contribution in [1.82, 2.24) is 10.0 Å². The molecule has 0 spiro atoms. The van der Waals surface area contributed by atoms with Crippen LogP contribution in [0.15, 0.2) is 14.7 Å². The zero-order valence-electron chi connectivity index (χ0n) is 11.9. The minimum Gasteiger partial charge on any atom is -0.310 e. The Morgan fingerprint density at radius 3 is 2.75 bits per heavy atom. The first-order valence-electron chi connectivity index (χ1n) is 6.87. The number of hydrogen-bond acceptors (Lipinski definition) is 4. The van der Waals surface area contributed by atoms with Crippen LogP contribution in [0.25, 0.3) is 0 Å². The zero-order chi connectivity index (χ0) is 14.9. The second kappa shape index (κ2) is 6.44. The summed E-state index contributed by atoms with van der Waals surface area (Å²) in [7, 11) is -3.40. The van der Waals surface area contributed by atoms with Gasteiger partial charge in [0.2, 0.25) is 10.0 Å². The van der Waals surface area contributed by atoms with Crippen LogP contribution >= 0.6 is 27.3 Å². The van der Waals surface area contributed by atoms with Crippen LogP contribution in [-0.2, 0) is 16.6 Å². The average Bonchev–Trinajstić information content (AvgIpc) is 2.97. The van der Waals surface area contributed by atoms with E-state index in [-0.39, 0.29) is 6.04 Å². The fraction of sp³-hybridized carbons (Fsp3) is 0.692. The van der Waals surface area contributed by atoms with Gasteiger partial charge in [-0.05, 0) is 34.3 Å². The fourth-order valence-corrected chi connectivity index (χ4v) is 6.03. The van der Waals surface area contributed by atoms with Gasteiger partial charge in [-0.25, -0.2) is 13.1 Å². The molecule has 2 unspecified atom stereocenters. The lowest BCUT2D eigenvalue weighted by molar-refractivity contribution is 0.575. The molecule has 2 rings (SSSR count). The van der Waals surface area contributed by atoms with Gasteiger partial charge >= 0.3 is 0 Å². The Bertz CT molecular complexity index is 569. The van der Waals surface area contributed by atoms with Crippen molar-refractivity contribution in [2.24, 2.45) is 5.92 Å². The van der Waals surface area contributed by atoms with Gasteiger partial charge in [0.25, 0.3) is 0 Å². The predicted molar refractivity (Wildman–Crippen MR) is 86.5 cm³/mol. The van der Waals surface area contributed by atoms with Crippen molar-refractivity contribution in [3.8, 4) is 0 Å². The van der Waals surface area contributed by atoms with Crippen molar-refractivity contribution >= 4 is 37.3 Å². The lowest BCUT2D eigenvalue weighted by Gasteiger charge is -2.05. The lowest BCUT2D eigenvalue weighted by atomic mass is 10.3. The van der Waals surface area contributed by atoms with E-state index in [1.165, 1.54) is 11.3 Å². The van der Waals surface area contributed by atoms with Crippen molar-refractivity contribution in [2.75, 3.05) is 0 Å². The van der Waals surface area contributed by atoms with Crippen LogP contribution in [0, 0.1) is 5.92 Å². The maximum Gasteiger partial charge on any atom is 0.242 e. The molecular formula is C13H21BrN2O2S2. The predicted octanol–water partition coefficient (Wildman–Crippen LogP) is 3.09. The molecule has 20 heavy (non-hydrogen) atoms. The van der Waals surface area contributed by atoms with Gasteiger partial charge < -0.3 is 5.32 Å². The topological polar surface area (TPSA) is 58.2 Å². The number of thiophene rings is 1. The SMILES string of the molecule is CCC1CC1NS(=O)(=O)c1cc(CNC(C)C)sc1Br. The highest BCUT2D eigenvalue weighted by molar-refractivity contribution is 9.11. The fourth-order valence-electron chi connectivity index (χ4n) is 2.08. The van der Waals surface area contributed by atoms with E-state index in [2.05, 4.69) is 46.7 Å². The summed E-state index contributed by atoms with van der Waals surface area (Å²) in [5.41, 5.74) is 0. The average molecular weight is 381 g/mol. The standard InChI is InChI=1S/C13H21BrN2O2S2/c1-4-9-5-11(9)16-20(17,18)12-6-10(19-13(12)14)7-15-8(2)3/h6,8-9,11,15-16H,4-5,7H2,1-3H3. The Hall–Kier alpha value is 0.0500. The van der Waals surface area contributed by atoms with Crippen molar-refractivity contribution < 1.29 is 8.42 Å². The van der Waals surface area contributed by atoms with E-state index in [0.29, 0.717) is 27.2 Å². The summed E-state index contributed by atoms with van der Waals surface area (Å²) in [6.07, 6.45) is 1.99. The van der Waals surface area contributed by atoms with E-state index >= 15 is 0 Å². The highest BCUT2D eigenvalue weighted by Gasteiger charge is 2.39. The summed E-state index contributed by atoms with van der Waals surface area (Å²) in [6.45, 7) is 6.92. The number of hydrogen-bond donors (Lipinski definition) is 2. The van der Waals surface area contributed by atoms with Gasteiger partial charge in [-0.2, -0.15) is 0 Å². The molecule has 1 aliphatic carbocycles. The van der Waals surface area contributed by atoms with Crippen molar-refractivity contribution in [3.05, 3.63) is 14.7 Å². The van der Waals surface area contributed by atoms with Crippen LogP contribution in [0.2, 0.25) is 0 Å². The Labute approximate surface area is 133 Å². The van der Waals surface area contributed by atoms with E-state index in [9.17, 15) is 8.42 Å². The van der Waals surface area contributed by atoms with E-state index in [0.717, 1.165) is 17.7 Å². The maximum atomic E-state index is 12.4. The molecule has 1 saturated carbocycles. The molecule has 2 atom stereocenters. The lowest BCUT2D eigenvalue weighted by Crippen LogP contribution is -2.27. The van der Waals surface area contributed by atoms with Crippen LogP contribution in [0.4, 0.5) is 0 Å². The molecule has 1 aromatic heterocycles. The van der Waals surface area contributed by atoms with Crippen molar-refractivity contribution in [1.29, 1.82) is 0 Å². The summed E-state index contributed by atoms with van der Waals surface area (Å²) in [6, 6.07) is 2.26. The number of nitrogens with one attached hydrogen (secondary N) is 2. The van der Waals surface area contributed by atoms with Crippen LogP contribution in [0.5, 0.6) is 0 Å². The van der Waals surface area contributed by atoms with Crippen molar-refractivity contribution in [2.45, 2.75) is 57.1 Å². The van der Waals surface area contributed by atoms with Gasteiger partial charge in [-0.1, -0.05) is 27.2 Å². The Morgan fingerprint density at radius 2 is 2.20 bits per heavy atom. The van der Waals surface area contributed by atoms with Crippen LogP contribution in [0.3, 0.4) is 0 Å². The third-order valence-corrected chi connectivity index (χ3v) is 7.18. The third kappa shape index (κ3) is 4.04. The molecule has 0 amide bonds. The van der Waals surface area contributed by atoms with Crippen LogP contribution < -0.4 is 10.0 Å². The molecular weight excluding hydrogens is 360 g/mol. The summed E-state index contributed by atoms with van der Waals surface area (Å²) in [4.78, 5) is 1.39. The summed E-state index contributed by atoms with van der Waals surface area (Å²) in [5.74, 6) is 0.504. The van der Waals surface area contributed by atoms with Gasteiger partial charge in [0.15, 0.2) is 0 Å². The number of rotatable bonds is 7. The molecule has 4 nitrogen and oxygen atoms in total. The quantitative estimate of drug-likeness (QED) is 0.763. The summed E-state index contributed by atoms with van der Waals surface area (Å²) < 4.78 is 28.2. The first-order valence-corrected chi connectivity index (χ1v) is 9.96. The first-order chi connectivity index (χ1) is 9.33. The largest absolute Gasteiger partial charge is 0.310 e. The molecule has 1 heterocycles. The molecule has 0 aliphatic heterocycles. The zero-order valence-corrected chi connectivity index (χ0v) is 15.2. The second-order valence-electron chi connectivity index (χ2n) is 5.52. The van der Waals surface area contributed by atoms with Crippen LogP contribution in [0.1, 0.15) is 38.5 Å². The molecule has 114 valence electrons. The molecule has 0 aromatic carbocycles. The van der Waals surface area contributed by atoms with Crippen LogP contribution in [-0.4, -0.2) is 20.5 Å². The maximum absolute atomic E-state index is 12.4. The minimum atomic E-state index is -3.40. The molecule has 1 fully saturated rings. The second-order valence-corrected chi connectivity index (χ2v) is 9.66. The first kappa shape index (κ1) is 16.4. The highest BCUT2D eigenvalue weighted by Crippen LogP contribution is 2.37.